The minimum Gasteiger partial charge on any atom is -0.459 e. The molecule has 4 unspecified atom stereocenters. The van der Waals surface area contributed by atoms with E-state index in [1.54, 1.807) is 0 Å². The Labute approximate surface area is 155 Å². The van der Waals surface area contributed by atoms with Gasteiger partial charge in [0.25, 0.3) is 0 Å². The van der Waals surface area contributed by atoms with Crippen molar-refractivity contribution in [2.45, 2.75) is 83.7 Å². The smallest absolute Gasteiger partial charge is 0.303 e. The molecule has 4 fully saturated rings. The van der Waals surface area contributed by atoms with Crippen LogP contribution in [-0.2, 0) is 19.2 Å². The standard InChI is InChI=1S/C20H32O6/c1-11(21)25-16-10-24-18-17-14(5-7-20(16,18)3)19(2)6-4-13(26-23)8-12(19)9-15(17)22/h12-18,22-23H,4-10H2,1-3H3/t12?,13-,14?,15-,16-,17?,18?,19-,20+/m0/s1. The first-order valence-electron chi connectivity index (χ1n) is 10.1. The van der Waals surface area contributed by atoms with Gasteiger partial charge in [-0.2, -0.15) is 0 Å². The van der Waals surface area contributed by atoms with Gasteiger partial charge in [0.15, 0.2) is 0 Å². The number of ether oxygens (including phenoxy) is 2. The second kappa shape index (κ2) is 6.43. The minimum atomic E-state index is -0.420. The first-order valence-corrected chi connectivity index (χ1v) is 10.1. The average Bonchev–Trinajstić information content (AvgIpc) is 2.91. The minimum absolute atomic E-state index is 0.0646. The van der Waals surface area contributed by atoms with Gasteiger partial charge in [0.1, 0.15) is 6.10 Å². The Kier molecular flexibility index (Phi) is 4.62. The maximum Gasteiger partial charge on any atom is 0.303 e. The van der Waals surface area contributed by atoms with Crippen LogP contribution in [0.1, 0.15) is 59.3 Å². The van der Waals surface area contributed by atoms with Gasteiger partial charge in [-0.15, -0.1) is 0 Å². The van der Waals surface area contributed by atoms with Crippen molar-refractivity contribution in [3.8, 4) is 0 Å². The van der Waals surface area contributed by atoms with Crippen molar-refractivity contribution >= 4 is 5.97 Å². The van der Waals surface area contributed by atoms with Crippen LogP contribution in [0, 0.1) is 28.6 Å². The highest BCUT2D eigenvalue weighted by molar-refractivity contribution is 5.66. The number of hydrogen-bond acceptors (Lipinski definition) is 6. The third-order valence-corrected chi connectivity index (χ3v) is 8.38. The highest BCUT2D eigenvalue weighted by Gasteiger charge is 2.64. The third-order valence-electron chi connectivity index (χ3n) is 8.38. The second-order valence-corrected chi connectivity index (χ2v) is 9.59. The van der Waals surface area contributed by atoms with Gasteiger partial charge in [0.2, 0.25) is 0 Å². The van der Waals surface area contributed by atoms with Crippen LogP contribution in [0.2, 0.25) is 0 Å². The Hall–Kier alpha value is -0.690. The van der Waals surface area contributed by atoms with Gasteiger partial charge < -0.3 is 14.6 Å². The van der Waals surface area contributed by atoms with Crippen LogP contribution in [0.25, 0.3) is 0 Å². The van der Waals surface area contributed by atoms with E-state index in [-0.39, 0.29) is 41.0 Å². The summed E-state index contributed by atoms with van der Waals surface area (Å²) in [5.74, 6) is 0.577. The van der Waals surface area contributed by atoms with E-state index in [0.29, 0.717) is 18.4 Å². The summed E-state index contributed by atoms with van der Waals surface area (Å²) < 4.78 is 11.7. The predicted octanol–water partition coefficient (Wildman–Crippen LogP) is 2.78. The number of carbonyl (C=O) groups excluding carboxylic acids is 1. The van der Waals surface area contributed by atoms with Gasteiger partial charge in [-0.1, -0.05) is 13.8 Å². The summed E-state index contributed by atoms with van der Waals surface area (Å²) >= 11 is 0. The topological polar surface area (TPSA) is 85.2 Å². The summed E-state index contributed by atoms with van der Waals surface area (Å²) in [6.45, 7) is 6.39. The summed E-state index contributed by atoms with van der Waals surface area (Å²) in [5, 5.41) is 20.2. The summed E-state index contributed by atoms with van der Waals surface area (Å²) in [6.07, 6.45) is 4.57. The van der Waals surface area contributed by atoms with Crippen molar-refractivity contribution < 1.29 is 29.5 Å². The molecule has 1 saturated heterocycles. The van der Waals surface area contributed by atoms with Crippen LogP contribution >= 0.6 is 0 Å². The number of carbonyl (C=O) groups is 1. The van der Waals surface area contributed by atoms with Crippen molar-refractivity contribution in [3.05, 3.63) is 0 Å². The first kappa shape index (κ1) is 18.7. The van der Waals surface area contributed by atoms with Crippen LogP contribution < -0.4 is 0 Å². The van der Waals surface area contributed by atoms with Gasteiger partial charge >= 0.3 is 5.97 Å². The molecule has 2 N–H and O–H groups in total. The molecule has 1 heterocycles. The van der Waals surface area contributed by atoms with E-state index in [1.165, 1.54) is 6.92 Å². The van der Waals surface area contributed by atoms with E-state index in [2.05, 4.69) is 18.7 Å². The molecule has 0 spiro atoms. The lowest BCUT2D eigenvalue weighted by atomic mass is 9.45. The van der Waals surface area contributed by atoms with E-state index >= 15 is 0 Å². The molecule has 9 atom stereocenters. The van der Waals surface area contributed by atoms with Crippen molar-refractivity contribution in [2.24, 2.45) is 28.6 Å². The van der Waals surface area contributed by atoms with Gasteiger partial charge in [-0.05, 0) is 55.8 Å². The third kappa shape index (κ3) is 2.64. The Bertz CT molecular complexity index is 567. The fraction of sp³-hybridized carbons (Fsp3) is 0.950. The predicted molar refractivity (Wildman–Crippen MR) is 93.2 cm³/mol. The first-order chi connectivity index (χ1) is 12.3. The lowest BCUT2D eigenvalue weighted by Crippen LogP contribution is -2.61. The normalized spacial score (nSPS) is 53.3. The molecule has 0 aromatic heterocycles. The molecule has 1 aliphatic heterocycles. The molecule has 3 aliphatic carbocycles. The SMILES string of the molecule is CC(=O)O[C@H]1COC2C3C(CC[C@@]21C)[C@@]1(C)CC[C@H](OO)CC1C[C@@H]3O. The quantitative estimate of drug-likeness (QED) is 0.443. The van der Waals surface area contributed by atoms with E-state index < -0.39 is 6.10 Å². The van der Waals surface area contributed by atoms with Crippen LogP contribution in [0.4, 0.5) is 0 Å². The molecule has 3 saturated carbocycles. The van der Waals surface area contributed by atoms with Gasteiger partial charge in [-0.3, -0.25) is 10.1 Å². The van der Waals surface area contributed by atoms with Crippen molar-refractivity contribution in [1.82, 2.24) is 0 Å². The largest absolute Gasteiger partial charge is 0.459 e. The maximum absolute atomic E-state index is 11.5. The summed E-state index contributed by atoms with van der Waals surface area (Å²) in [6, 6.07) is 0. The molecule has 148 valence electrons. The molecular weight excluding hydrogens is 336 g/mol. The zero-order valence-electron chi connectivity index (χ0n) is 16.0. The molecule has 4 rings (SSSR count). The molecule has 6 nitrogen and oxygen atoms in total. The second-order valence-electron chi connectivity index (χ2n) is 9.59. The van der Waals surface area contributed by atoms with E-state index in [0.717, 1.165) is 38.5 Å². The molecule has 0 bridgehead atoms. The number of aliphatic hydroxyl groups is 1. The molecule has 0 amide bonds. The highest BCUT2D eigenvalue weighted by Crippen LogP contribution is 2.63. The summed E-state index contributed by atoms with van der Waals surface area (Å²) in [7, 11) is 0. The lowest BCUT2D eigenvalue weighted by molar-refractivity contribution is -0.299. The zero-order valence-corrected chi connectivity index (χ0v) is 16.0. The van der Waals surface area contributed by atoms with Gasteiger partial charge in [-0.25, -0.2) is 4.89 Å². The van der Waals surface area contributed by atoms with Crippen LogP contribution in [0.3, 0.4) is 0 Å². The molecule has 0 radical (unpaired) electrons. The molecule has 4 aliphatic rings. The number of fused-ring (bicyclic) bond motifs is 5. The van der Waals surface area contributed by atoms with Crippen LogP contribution in [-0.4, -0.2) is 47.4 Å². The molecule has 0 aromatic rings. The molecule has 6 heteroatoms. The molecular formula is C20H32O6. The lowest BCUT2D eigenvalue weighted by Gasteiger charge is -2.61. The zero-order chi connectivity index (χ0) is 18.7. The Balaban J connectivity index is 1.60. The highest BCUT2D eigenvalue weighted by atomic mass is 17.1. The van der Waals surface area contributed by atoms with E-state index in [1.807, 2.05) is 0 Å². The van der Waals surface area contributed by atoms with Crippen molar-refractivity contribution in [2.75, 3.05) is 6.61 Å². The maximum atomic E-state index is 11.5. The fourth-order valence-corrected chi connectivity index (χ4v) is 6.87. The number of hydrogen-bond donors (Lipinski definition) is 2. The van der Waals surface area contributed by atoms with Crippen LogP contribution in [0.15, 0.2) is 0 Å². The Morgan fingerprint density at radius 3 is 2.58 bits per heavy atom. The Morgan fingerprint density at radius 1 is 1.15 bits per heavy atom. The van der Waals surface area contributed by atoms with Gasteiger partial charge in [0, 0.05) is 18.3 Å². The Morgan fingerprint density at radius 2 is 1.88 bits per heavy atom. The van der Waals surface area contributed by atoms with Gasteiger partial charge in [0.05, 0.1) is 24.9 Å². The molecule has 0 aromatic carbocycles. The van der Waals surface area contributed by atoms with Crippen LogP contribution in [0.5, 0.6) is 0 Å². The monoisotopic (exact) mass is 368 g/mol. The van der Waals surface area contributed by atoms with E-state index in [9.17, 15) is 9.90 Å². The number of aliphatic hydroxyl groups excluding tert-OH is 1. The van der Waals surface area contributed by atoms with Crippen molar-refractivity contribution in [1.29, 1.82) is 0 Å². The molecule has 26 heavy (non-hydrogen) atoms. The average molecular weight is 368 g/mol. The summed E-state index contributed by atoms with van der Waals surface area (Å²) in [4.78, 5) is 16.1. The van der Waals surface area contributed by atoms with E-state index in [4.69, 9.17) is 14.7 Å². The van der Waals surface area contributed by atoms with Crippen molar-refractivity contribution in [3.63, 3.8) is 0 Å². The fourth-order valence-electron chi connectivity index (χ4n) is 6.87. The number of esters is 1. The number of rotatable bonds is 2. The summed E-state index contributed by atoms with van der Waals surface area (Å²) in [5.41, 5.74) is -0.0778.